The second-order valence-corrected chi connectivity index (χ2v) is 12.9. The maximum absolute atomic E-state index is 5.94. The number of anilines is 2. The van der Waals surface area contributed by atoms with Crippen molar-refractivity contribution in [3.8, 4) is 0 Å². The van der Waals surface area contributed by atoms with Crippen LogP contribution in [0.1, 0.15) is 123 Å². The van der Waals surface area contributed by atoms with Crippen LogP contribution in [0.4, 0.5) is 11.4 Å². The standard InChI is InChI=1S/C42H56N2/c1-3-5-7-9-11-13-39-31-35(29-33-17-25-41(43)26-18-33)15-21-37(39)23-24-38-22-16-36(30-34-19-27-42(44)28-20-34)32-40(38)14-12-10-8-6-4-2/h15-22,25-28,31-32H,3-14,23-24,29-30,43-44H2,1-2H3. The zero-order valence-electron chi connectivity index (χ0n) is 27.6. The van der Waals surface area contributed by atoms with Crippen LogP contribution in [0.2, 0.25) is 0 Å². The normalized spacial score (nSPS) is 11.2. The maximum atomic E-state index is 5.94. The van der Waals surface area contributed by atoms with E-state index in [-0.39, 0.29) is 0 Å². The molecule has 0 aliphatic rings. The Labute approximate surface area is 268 Å². The van der Waals surface area contributed by atoms with E-state index in [1.54, 1.807) is 11.1 Å². The highest BCUT2D eigenvalue weighted by Crippen LogP contribution is 2.24. The third-order valence-electron chi connectivity index (χ3n) is 9.08. The highest BCUT2D eigenvalue weighted by Gasteiger charge is 2.10. The first-order valence-corrected chi connectivity index (χ1v) is 17.4. The monoisotopic (exact) mass is 588 g/mol. The van der Waals surface area contributed by atoms with Gasteiger partial charge in [-0.25, -0.2) is 0 Å². The van der Waals surface area contributed by atoms with E-state index in [4.69, 9.17) is 11.5 Å². The quantitative estimate of drug-likeness (QED) is 0.0845. The van der Waals surface area contributed by atoms with E-state index in [9.17, 15) is 0 Å². The molecule has 0 heterocycles. The lowest BCUT2D eigenvalue weighted by Gasteiger charge is -2.16. The molecule has 234 valence electrons. The Kier molecular flexibility index (Phi) is 13.9. The lowest BCUT2D eigenvalue weighted by molar-refractivity contribution is 0.629. The van der Waals surface area contributed by atoms with Gasteiger partial charge in [-0.1, -0.05) is 126 Å². The summed E-state index contributed by atoms with van der Waals surface area (Å²) in [5.74, 6) is 0. The van der Waals surface area contributed by atoms with Gasteiger partial charge < -0.3 is 11.5 Å². The summed E-state index contributed by atoms with van der Waals surface area (Å²) in [5.41, 5.74) is 25.1. The molecule has 0 radical (unpaired) electrons. The van der Waals surface area contributed by atoms with Crippen molar-refractivity contribution < 1.29 is 0 Å². The van der Waals surface area contributed by atoms with Crippen molar-refractivity contribution in [3.05, 3.63) is 129 Å². The molecule has 4 N–H and O–H groups in total. The molecule has 0 spiro atoms. The van der Waals surface area contributed by atoms with Crippen LogP contribution in [0.15, 0.2) is 84.9 Å². The van der Waals surface area contributed by atoms with Gasteiger partial charge in [0.05, 0.1) is 0 Å². The summed E-state index contributed by atoms with van der Waals surface area (Å²) >= 11 is 0. The van der Waals surface area contributed by atoms with E-state index in [2.05, 4.69) is 74.5 Å². The van der Waals surface area contributed by atoms with Crippen molar-refractivity contribution >= 4 is 11.4 Å². The average molecular weight is 589 g/mol. The molecule has 2 nitrogen and oxygen atoms in total. The molecular formula is C42H56N2. The van der Waals surface area contributed by atoms with Crippen LogP contribution in [0.3, 0.4) is 0 Å². The summed E-state index contributed by atoms with van der Waals surface area (Å²) < 4.78 is 0. The number of nitrogen functional groups attached to an aromatic ring is 2. The van der Waals surface area contributed by atoms with Gasteiger partial charge in [-0.15, -0.1) is 0 Å². The van der Waals surface area contributed by atoms with Crippen LogP contribution in [-0.2, 0) is 38.5 Å². The molecule has 0 atom stereocenters. The van der Waals surface area contributed by atoms with E-state index < -0.39 is 0 Å². The largest absolute Gasteiger partial charge is 0.399 e. The Bertz CT molecular complexity index is 1280. The van der Waals surface area contributed by atoms with Crippen molar-refractivity contribution in [1.29, 1.82) is 0 Å². The Morgan fingerprint density at radius 1 is 0.364 bits per heavy atom. The van der Waals surface area contributed by atoms with Crippen molar-refractivity contribution in [2.75, 3.05) is 11.5 Å². The molecule has 2 heteroatoms. The number of unbranched alkanes of at least 4 members (excludes halogenated alkanes) is 8. The number of hydrogen-bond donors (Lipinski definition) is 2. The van der Waals surface area contributed by atoms with Gasteiger partial charge in [-0.2, -0.15) is 0 Å². The fraction of sp³-hybridized carbons (Fsp3) is 0.429. The van der Waals surface area contributed by atoms with E-state index in [0.717, 1.165) is 37.1 Å². The maximum Gasteiger partial charge on any atom is 0.0314 e. The molecule has 0 aromatic heterocycles. The molecule has 4 rings (SSSR count). The molecule has 4 aromatic carbocycles. The minimum Gasteiger partial charge on any atom is -0.399 e. The van der Waals surface area contributed by atoms with Crippen molar-refractivity contribution in [1.82, 2.24) is 0 Å². The van der Waals surface area contributed by atoms with Gasteiger partial charge in [-0.05, 0) is 120 Å². The Balaban J connectivity index is 1.49. The van der Waals surface area contributed by atoms with Crippen LogP contribution in [0.25, 0.3) is 0 Å². The second kappa shape index (κ2) is 18.3. The van der Waals surface area contributed by atoms with Gasteiger partial charge in [0, 0.05) is 11.4 Å². The number of nitrogens with two attached hydrogens (primary N) is 2. The smallest absolute Gasteiger partial charge is 0.0314 e. The molecule has 44 heavy (non-hydrogen) atoms. The van der Waals surface area contributed by atoms with Crippen LogP contribution >= 0.6 is 0 Å². The summed E-state index contributed by atoms with van der Waals surface area (Å²) in [4.78, 5) is 0. The van der Waals surface area contributed by atoms with E-state index in [0.29, 0.717) is 0 Å². The zero-order valence-corrected chi connectivity index (χ0v) is 27.6. The summed E-state index contributed by atoms with van der Waals surface area (Å²) in [5, 5.41) is 0. The highest BCUT2D eigenvalue weighted by atomic mass is 14.5. The molecule has 0 amide bonds. The minimum atomic E-state index is 0.829. The molecule has 4 aromatic rings. The lowest BCUT2D eigenvalue weighted by Crippen LogP contribution is -2.03. The summed E-state index contributed by atoms with van der Waals surface area (Å²) in [6, 6.07) is 31.3. The Hall–Kier alpha value is -3.52. The first-order chi connectivity index (χ1) is 21.5. The molecule has 0 aliphatic carbocycles. The number of aryl methyl sites for hydroxylation is 4. The van der Waals surface area contributed by atoms with Gasteiger partial charge in [0.25, 0.3) is 0 Å². The predicted octanol–water partition coefficient (Wildman–Crippen LogP) is 10.8. The van der Waals surface area contributed by atoms with Gasteiger partial charge in [0.1, 0.15) is 0 Å². The SMILES string of the molecule is CCCCCCCc1cc(Cc2ccc(N)cc2)ccc1CCc1ccc(Cc2ccc(N)cc2)cc1CCCCCCC. The van der Waals surface area contributed by atoms with Crippen LogP contribution in [0.5, 0.6) is 0 Å². The fourth-order valence-electron chi connectivity index (χ4n) is 6.38. The third-order valence-corrected chi connectivity index (χ3v) is 9.08. The third kappa shape index (κ3) is 11.2. The van der Waals surface area contributed by atoms with Gasteiger partial charge >= 0.3 is 0 Å². The van der Waals surface area contributed by atoms with Gasteiger partial charge in [0.2, 0.25) is 0 Å². The Morgan fingerprint density at radius 3 is 1.11 bits per heavy atom. The molecule has 0 saturated carbocycles. The molecule has 0 unspecified atom stereocenters. The van der Waals surface area contributed by atoms with Crippen LogP contribution in [0, 0.1) is 0 Å². The number of hydrogen-bond acceptors (Lipinski definition) is 2. The first kappa shape index (κ1) is 33.4. The predicted molar refractivity (Wildman–Crippen MR) is 193 cm³/mol. The van der Waals surface area contributed by atoms with Crippen molar-refractivity contribution in [3.63, 3.8) is 0 Å². The molecule has 0 fully saturated rings. The highest BCUT2D eigenvalue weighted by molar-refractivity contribution is 5.43. The van der Waals surface area contributed by atoms with E-state index in [1.165, 1.54) is 110 Å². The van der Waals surface area contributed by atoms with Crippen LogP contribution < -0.4 is 11.5 Å². The molecular weight excluding hydrogens is 532 g/mol. The summed E-state index contributed by atoms with van der Waals surface area (Å²) in [7, 11) is 0. The zero-order chi connectivity index (χ0) is 31.0. The van der Waals surface area contributed by atoms with Gasteiger partial charge in [-0.3, -0.25) is 0 Å². The van der Waals surface area contributed by atoms with E-state index in [1.807, 2.05) is 24.3 Å². The molecule has 0 saturated heterocycles. The number of rotatable bonds is 19. The Morgan fingerprint density at radius 2 is 0.727 bits per heavy atom. The first-order valence-electron chi connectivity index (χ1n) is 17.4. The second-order valence-electron chi connectivity index (χ2n) is 12.9. The molecule has 0 bridgehead atoms. The fourth-order valence-corrected chi connectivity index (χ4v) is 6.38. The van der Waals surface area contributed by atoms with Crippen molar-refractivity contribution in [2.45, 2.75) is 117 Å². The van der Waals surface area contributed by atoms with Gasteiger partial charge in [0.15, 0.2) is 0 Å². The topological polar surface area (TPSA) is 52.0 Å². The lowest BCUT2D eigenvalue weighted by atomic mass is 9.90. The summed E-state index contributed by atoms with van der Waals surface area (Å²) in [6.07, 6.45) is 19.7. The molecule has 0 aliphatic heterocycles. The van der Waals surface area contributed by atoms with E-state index >= 15 is 0 Å². The summed E-state index contributed by atoms with van der Waals surface area (Å²) in [6.45, 7) is 4.59. The van der Waals surface area contributed by atoms with Crippen LogP contribution in [-0.4, -0.2) is 0 Å². The average Bonchev–Trinajstić information content (AvgIpc) is 3.03. The minimum absolute atomic E-state index is 0.829. The van der Waals surface area contributed by atoms with Crippen molar-refractivity contribution in [2.24, 2.45) is 0 Å². The number of benzene rings is 4.